The minimum Gasteiger partial charge on any atom is -0.357 e. The fourth-order valence-corrected chi connectivity index (χ4v) is 3.66. The van der Waals surface area contributed by atoms with E-state index in [-0.39, 0.29) is 5.91 Å². The number of carbonyl (C=O) groups excluding carboxylic acids is 1. The predicted octanol–water partition coefficient (Wildman–Crippen LogP) is 1.54. The Morgan fingerprint density at radius 2 is 2.17 bits per heavy atom. The van der Waals surface area contributed by atoms with E-state index in [0.29, 0.717) is 19.6 Å². The lowest BCUT2D eigenvalue weighted by atomic mass is 10.3. The molecule has 2 aromatic heterocycles. The molecule has 0 aliphatic carbocycles. The third-order valence-corrected chi connectivity index (χ3v) is 5.13. The first kappa shape index (κ1) is 19.9. The van der Waals surface area contributed by atoms with Gasteiger partial charge < -0.3 is 20.1 Å². The number of aryl methyl sites for hydroxylation is 2. The van der Waals surface area contributed by atoms with E-state index in [0.717, 1.165) is 54.4 Å². The van der Waals surface area contributed by atoms with Gasteiger partial charge in [0, 0.05) is 45.8 Å². The second kappa shape index (κ2) is 8.98. The van der Waals surface area contributed by atoms with Gasteiger partial charge in [0.2, 0.25) is 5.91 Å². The Balaban J connectivity index is 1.33. The van der Waals surface area contributed by atoms with Crippen LogP contribution >= 0.6 is 0 Å². The van der Waals surface area contributed by atoms with E-state index in [1.807, 2.05) is 49.3 Å². The number of H-pyrrole nitrogens is 1. The minimum atomic E-state index is 0.0575. The highest BCUT2D eigenvalue weighted by Crippen LogP contribution is 2.16. The number of hydrogen-bond acceptors (Lipinski definition) is 4. The van der Waals surface area contributed by atoms with Gasteiger partial charge in [-0.3, -0.25) is 14.5 Å². The van der Waals surface area contributed by atoms with Crippen molar-refractivity contribution < 1.29 is 4.79 Å². The van der Waals surface area contributed by atoms with Gasteiger partial charge in [-0.05, 0) is 25.5 Å². The third-order valence-electron chi connectivity index (χ3n) is 5.13. The molecule has 0 unspecified atom stereocenters. The van der Waals surface area contributed by atoms with E-state index in [2.05, 4.69) is 20.4 Å². The number of nitrogens with zero attached hydrogens (tertiary/aromatic N) is 6. The van der Waals surface area contributed by atoms with Crippen LogP contribution in [0.25, 0.3) is 11.0 Å². The van der Waals surface area contributed by atoms with Gasteiger partial charge in [0.15, 0.2) is 5.96 Å². The van der Waals surface area contributed by atoms with Crippen LogP contribution in [0.1, 0.15) is 19.2 Å². The topological polar surface area (TPSA) is 94.4 Å². The molecule has 3 heterocycles. The fraction of sp³-hybridized carbons (Fsp3) is 0.429. The standard InChI is InChI=1S/C21H28N8O/c1-3-22-21(23-10-6-9-19-25-17-7-4-5-8-18(17)26-19)28-11-12-29(20(30)15-28)16-13-24-27(2)14-16/h4-5,7-8,13-14H,3,6,9-12,15H2,1-2H3,(H,22,23)(H,25,26). The summed E-state index contributed by atoms with van der Waals surface area (Å²) in [6, 6.07) is 8.05. The summed E-state index contributed by atoms with van der Waals surface area (Å²) in [4.78, 5) is 29.2. The summed E-state index contributed by atoms with van der Waals surface area (Å²) in [5, 5.41) is 7.48. The van der Waals surface area contributed by atoms with Crippen molar-refractivity contribution in [2.24, 2.45) is 12.0 Å². The van der Waals surface area contributed by atoms with Gasteiger partial charge in [-0.2, -0.15) is 5.10 Å². The maximum Gasteiger partial charge on any atom is 0.246 e. The number of guanidine groups is 1. The van der Waals surface area contributed by atoms with Crippen LogP contribution in [0.2, 0.25) is 0 Å². The first-order chi connectivity index (χ1) is 14.6. The number of anilines is 1. The molecule has 0 spiro atoms. The molecule has 1 aliphatic heterocycles. The molecule has 9 heteroatoms. The largest absolute Gasteiger partial charge is 0.357 e. The molecule has 1 saturated heterocycles. The van der Waals surface area contributed by atoms with Gasteiger partial charge in [0.05, 0.1) is 22.9 Å². The zero-order chi connectivity index (χ0) is 20.9. The Hall–Kier alpha value is -3.36. The Morgan fingerprint density at radius 1 is 1.30 bits per heavy atom. The number of para-hydroxylation sites is 2. The molecule has 158 valence electrons. The van der Waals surface area contributed by atoms with E-state index in [9.17, 15) is 4.79 Å². The van der Waals surface area contributed by atoms with Crippen LogP contribution in [0.4, 0.5) is 5.69 Å². The maximum atomic E-state index is 12.7. The predicted molar refractivity (Wildman–Crippen MR) is 118 cm³/mol. The molecule has 1 fully saturated rings. The van der Waals surface area contributed by atoms with Crippen molar-refractivity contribution in [2.45, 2.75) is 19.8 Å². The number of rotatable bonds is 6. The Labute approximate surface area is 175 Å². The van der Waals surface area contributed by atoms with E-state index >= 15 is 0 Å². The molecule has 1 amide bonds. The zero-order valence-electron chi connectivity index (χ0n) is 17.5. The van der Waals surface area contributed by atoms with Gasteiger partial charge in [0.1, 0.15) is 12.4 Å². The van der Waals surface area contributed by atoms with E-state index in [4.69, 9.17) is 4.99 Å². The third kappa shape index (κ3) is 4.45. The number of fused-ring (bicyclic) bond motifs is 1. The number of carbonyl (C=O) groups is 1. The Bertz CT molecular complexity index is 1000. The monoisotopic (exact) mass is 408 g/mol. The molecule has 30 heavy (non-hydrogen) atoms. The van der Waals surface area contributed by atoms with E-state index in [1.54, 1.807) is 15.8 Å². The second-order valence-corrected chi connectivity index (χ2v) is 7.38. The SMILES string of the molecule is CCNC(=NCCCc1nc2ccccc2[nH]1)N1CCN(c2cnn(C)c2)C(=O)C1. The number of hydrogen-bond donors (Lipinski definition) is 2. The van der Waals surface area contributed by atoms with Gasteiger partial charge in [-0.1, -0.05) is 12.1 Å². The van der Waals surface area contributed by atoms with Crippen LogP contribution < -0.4 is 10.2 Å². The molecule has 1 aliphatic rings. The van der Waals surface area contributed by atoms with Crippen LogP contribution in [-0.4, -0.2) is 69.2 Å². The van der Waals surface area contributed by atoms with Gasteiger partial charge in [0.25, 0.3) is 0 Å². The quantitative estimate of drug-likeness (QED) is 0.367. The summed E-state index contributed by atoms with van der Waals surface area (Å²) < 4.78 is 1.71. The van der Waals surface area contributed by atoms with Crippen LogP contribution in [0, 0.1) is 0 Å². The summed E-state index contributed by atoms with van der Waals surface area (Å²) in [5.41, 5.74) is 2.90. The second-order valence-electron chi connectivity index (χ2n) is 7.38. The molecule has 4 rings (SSSR count). The van der Waals surface area contributed by atoms with Crippen molar-refractivity contribution in [1.29, 1.82) is 0 Å². The highest BCUT2D eigenvalue weighted by Gasteiger charge is 2.27. The lowest BCUT2D eigenvalue weighted by Gasteiger charge is -2.35. The van der Waals surface area contributed by atoms with E-state index in [1.165, 1.54) is 0 Å². The van der Waals surface area contributed by atoms with Crippen molar-refractivity contribution in [3.05, 3.63) is 42.5 Å². The van der Waals surface area contributed by atoms with Crippen LogP contribution in [0.5, 0.6) is 0 Å². The molecule has 0 saturated carbocycles. The van der Waals surface area contributed by atoms with Gasteiger partial charge in [-0.15, -0.1) is 0 Å². The van der Waals surface area contributed by atoms with Crippen LogP contribution in [-0.2, 0) is 18.3 Å². The average Bonchev–Trinajstić information content (AvgIpc) is 3.36. The summed E-state index contributed by atoms with van der Waals surface area (Å²) in [6.07, 6.45) is 5.32. The molecule has 0 bridgehead atoms. The number of aromatic amines is 1. The van der Waals surface area contributed by atoms with Crippen molar-refractivity contribution in [1.82, 2.24) is 30.0 Å². The van der Waals surface area contributed by atoms with Crippen LogP contribution in [0.3, 0.4) is 0 Å². The lowest BCUT2D eigenvalue weighted by molar-refractivity contribution is -0.120. The van der Waals surface area contributed by atoms with Crippen LogP contribution in [0.15, 0.2) is 41.7 Å². The number of nitrogens with one attached hydrogen (secondary N) is 2. The normalized spacial score (nSPS) is 15.3. The summed E-state index contributed by atoms with van der Waals surface area (Å²) in [6.45, 7) is 5.14. The summed E-state index contributed by atoms with van der Waals surface area (Å²) in [5.74, 6) is 1.83. The smallest absolute Gasteiger partial charge is 0.246 e. The maximum absolute atomic E-state index is 12.7. The highest BCUT2D eigenvalue weighted by molar-refractivity contribution is 5.98. The van der Waals surface area contributed by atoms with Gasteiger partial charge in [-0.25, -0.2) is 4.98 Å². The Morgan fingerprint density at radius 3 is 2.90 bits per heavy atom. The Kier molecular flexibility index (Phi) is 5.97. The van der Waals surface area contributed by atoms with Gasteiger partial charge >= 0.3 is 0 Å². The molecule has 1 aromatic carbocycles. The number of aromatic nitrogens is 4. The number of amides is 1. The number of imidazole rings is 1. The van der Waals surface area contributed by atoms with Crippen molar-refractivity contribution in [2.75, 3.05) is 37.6 Å². The van der Waals surface area contributed by atoms with Crippen molar-refractivity contribution in [3.8, 4) is 0 Å². The molecule has 0 radical (unpaired) electrons. The number of benzene rings is 1. The number of aliphatic imine (C=N–C) groups is 1. The average molecular weight is 409 g/mol. The molecule has 9 nitrogen and oxygen atoms in total. The zero-order valence-corrected chi connectivity index (χ0v) is 17.5. The van der Waals surface area contributed by atoms with Crippen molar-refractivity contribution in [3.63, 3.8) is 0 Å². The first-order valence-electron chi connectivity index (χ1n) is 10.4. The number of piperazine rings is 1. The molecule has 0 atom stereocenters. The summed E-state index contributed by atoms with van der Waals surface area (Å²) in [7, 11) is 1.85. The molecular weight excluding hydrogens is 380 g/mol. The summed E-state index contributed by atoms with van der Waals surface area (Å²) >= 11 is 0. The fourth-order valence-electron chi connectivity index (χ4n) is 3.66. The van der Waals surface area contributed by atoms with Crippen molar-refractivity contribution >= 4 is 28.6 Å². The lowest BCUT2D eigenvalue weighted by Crippen LogP contribution is -2.55. The molecule has 3 aromatic rings. The first-order valence-corrected chi connectivity index (χ1v) is 10.4. The van der Waals surface area contributed by atoms with E-state index < -0.39 is 0 Å². The molecule has 2 N–H and O–H groups in total. The minimum absolute atomic E-state index is 0.0575. The molecular formula is C21H28N8O. The highest BCUT2D eigenvalue weighted by atomic mass is 16.2.